The van der Waals surface area contributed by atoms with Crippen LogP contribution < -0.4 is 0 Å². The molecule has 0 aliphatic heterocycles. The Balaban J connectivity index is 0.000000312. The third kappa shape index (κ3) is 7.16. The molecule has 2 atom stereocenters. The van der Waals surface area contributed by atoms with Gasteiger partial charge in [0.15, 0.2) is 5.78 Å². The molecule has 196 valence electrons. The minimum absolute atomic E-state index is 0.00241. The second-order valence-electron chi connectivity index (χ2n) is 9.92. The van der Waals surface area contributed by atoms with E-state index in [1.807, 2.05) is 36.4 Å². The van der Waals surface area contributed by atoms with Crippen molar-refractivity contribution in [2.24, 2.45) is 0 Å². The lowest BCUT2D eigenvalue weighted by molar-refractivity contribution is -0.130. The molecule has 0 fully saturated rings. The molecule has 0 saturated heterocycles. The summed E-state index contributed by atoms with van der Waals surface area (Å²) in [5.41, 5.74) is 1.99. The van der Waals surface area contributed by atoms with E-state index in [1.54, 1.807) is 6.92 Å². The van der Waals surface area contributed by atoms with Crippen LogP contribution in [0.25, 0.3) is 0 Å². The summed E-state index contributed by atoms with van der Waals surface area (Å²) >= 11 is 0. The molecule has 3 aromatic carbocycles. The number of aromatic carboxylic acids is 2. The Morgan fingerprint density at radius 3 is 1.30 bits per heavy atom. The summed E-state index contributed by atoms with van der Waals surface area (Å²) < 4.78 is 0. The third-order valence-electron chi connectivity index (χ3n) is 6.90. The zero-order chi connectivity index (χ0) is 27.6. The molecule has 0 saturated carbocycles. The molecule has 0 aliphatic carbocycles. The summed E-state index contributed by atoms with van der Waals surface area (Å²) in [6, 6.07) is 24.6. The molecule has 0 aliphatic rings. The van der Waals surface area contributed by atoms with E-state index >= 15 is 0 Å². The first-order valence-electron chi connectivity index (χ1n) is 12.7. The van der Waals surface area contributed by atoms with E-state index in [0.717, 1.165) is 42.9 Å². The number of carboxylic acids is 2. The maximum atomic E-state index is 13.9. The maximum Gasteiger partial charge on any atom is 0.335 e. The van der Waals surface area contributed by atoms with Gasteiger partial charge in [-0.15, -0.1) is 0 Å². The normalized spacial score (nSPS) is 13.9. The Kier molecular flexibility index (Phi) is 10.4. The summed E-state index contributed by atoms with van der Waals surface area (Å²) in [4.78, 5) is 34.9. The van der Waals surface area contributed by atoms with Gasteiger partial charge in [-0.2, -0.15) is 0 Å². The van der Waals surface area contributed by atoms with Crippen LogP contribution in [0.15, 0.2) is 78.9 Å². The Morgan fingerprint density at radius 1 is 0.649 bits per heavy atom. The van der Waals surface area contributed by atoms with Gasteiger partial charge in [0.05, 0.1) is 22.0 Å². The quantitative estimate of drug-likeness (QED) is 0.300. The fraction of sp³-hybridized carbons (Fsp3) is 0.344. The summed E-state index contributed by atoms with van der Waals surface area (Å²) in [5, 5.41) is 17.2. The Hall–Kier alpha value is -3.73. The minimum Gasteiger partial charge on any atom is -0.478 e. The highest BCUT2D eigenvalue weighted by molar-refractivity contribution is 5.98. The average molecular weight is 503 g/mol. The van der Waals surface area contributed by atoms with E-state index < -0.39 is 22.8 Å². The highest BCUT2D eigenvalue weighted by Crippen LogP contribution is 2.41. The van der Waals surface area contributed by atoms with E-state index in [9.17, 15) is 14.4 Å². The number of hydrogen-bond acceptors (Lipinski definition) is 3. The molecular weight excluding hydrogens is 464 g/mol. The number of Topliss-reactive ketones (excluding diaryl/α,β-unsaturated/α-hetero) is 1. The van der Waals surface area contributed by atoms with Gasteiger partial charge >= 0.3 is 11.9 Å². The summed E-state index contributed by atoms with van der Waals surface area (Å²) in [6.07, 6.45) is 3.74. The van der Waals surface area contributed by atoms with Gasteiger partial charge < -0.3 is 10.2 Å². The SMILES string of the molecule is CCCC(C)(C(=O)C(C)(CCC)c1ccccc1)c1ccccc1.Cc1cc(C(=O)O)cc(C(=O)O)c1. The number of benzene rings is 3. The molecule has 2 unspecified atom stereocenters. The van der Waals surface area contributed by atoms with Crippen LogP contribution in [0.5, 0.6) is 0 Å². The van der Waals surface area contributed by atoms with Crippen molar-refractivity contribution in [1.82, 2.24) is 0 Å². The van der Waals surface area contributed by atoms with E-state index in [-0.39, 0.29) is 11.1 Å². The second-order valence-corrected chi connectivity index (χ2v) is 9.92. The van der Waals surface area contributed by atoms with Crippen molar-refractivity contribution in [2.45, 2.75) is 71.1 Å². The number of aryl methyl sites for hydroxylation is 1. The van der Waals surface area contributed by atoms with Gasteiger partial charge in [0.25, 0.3) is 0 Å². The number of hydrogen-bond donors (Lipinski definition) is 2. The number of rotatable bonds is 10. The van der Waals surface area contributed by atoms with E-state index in [0.29, 0.717) is 11.3 Å². The molecule has 3 aromatic rings. The van der Waals surface area contributed by atoms with Gasteiger partial charge in [-0.1, -0.05) is 87.4 Å². The predicted molar refractivity (Wildman–Crippen MR) is 148 cm³/mol. The van der Waals surface area contributed by atoms with Crippen LogP contribution in [0.3, 0.4) is 0 Å². The monoisotopic (exact) mass is 502 g/mol. The van der Waals surface area contributed by atoms with Crippen molar-refractivity contribution in [1.29, 1.82) is 0 Å². The molecule has 2 N–H and O–H groups in total. The number of carbonyl (C=O) groups is 3. The maximum absolute atomic E-state index is 13.9. The Morgan fingerprint density at radius 2 is 1.00 bits per heavy atom. The van der Waals surface area contributed by atoms with Gasteiger partial charge in [-0.25, -0.2) is 9.59 Å². The van der Waals surface area contributed by atoms with E-state index in [4.69, 9.17) is 10.2 Å². The second kappa shape index (κ2) is 13.0. The van der Waals surface area contributed by atoms with Gasteiger partial charge in [0, 0.05) is 0 Å². The zero-order valence-electron chi connectivity index (χ0n) is 22.5. The molecule has 37 heavy (non-hydrogen) atoms. The Bertz CT molecular complexity index is 1110. The molecule has 0 radical (unpaired) electrons. The fourth-order valence-corrected chi connectivity index (χ4v) is 5.03. The van der Waals surface area contributed by atoms with Crippen LogP contribution in [-0.4, -0.2) is 27.9 Å². The van der Waals surface area contributed by atoms with Crippen molar-refractivity contribution in [3.8, 4) is 0 Å². The number of carboxylic acid groups (broad SMARTS) is 2. The van der Waals surface area contributed by atoms with Crippen LogP contribution >= 0.6 is 0 Å². The highest BCUT2D eigenvalue weighted by Gasteiger charge is 2.45. The number of ketones is 1. The van der Waals surface area contributed by atoms with Crippen LogP contribution in [0, 0.1) is 6.92 Å². The highest BCUT2D eigenvalue weighted by atomic mass is 16.4. The first-order valence-corrected chi connectivity index (χ1v) is 12.7. The molecular formula is C32H38O5. The topological polar surface area (TPSA) is 91.7 Å². The van der Waals surface area contributed by atoms with Crippen LogP contribution in [0.2, 0.25) is 0 Å². The number of carbonyl (C=O) groups excluding carboxylic acids is 1. The lowest BCUT2D eigenvalue weighted by Crippen LogP contribution is -2.46. The van der Waals surface area contributed by atoms with Crippen molar-refractivity contribution < 1.29 is 24.6 Å². The van der Waals surface area contributed by atoms with E-state index in [1.165, 1.54) is 12.1 Å². The standard InChI is InChI=1S/C23H30O.C9H8O4/c1-5-17-22(3,19-13-9-7-10-14-19)21(24)23(4,18-6-2)20-15-11-8-12-16-20;1-5-2-6(8(10)11)4-7(3-5)9(12)13/h7-16H,5-6,17-18H2,1-4H3;2-4H,1H3,(H,10,11)(H,12,13). The fourth-order valence-electron chi connectivity index (χ4n) is 5.03. The van der Waals surface area contributed by atoms with Gasteiger partial charge in [0.1, 0.15) is 0 Å². The van der Waals surface area contributed by atoms with Crippen molar-refractivity contribution in [2.75, 3.05) is 0 Å². The zero-order valence-corrected chi connectivity index (χ0v) is 22.5. The van der Waals surface area contributed by atoms with Gasteiger partial charge in [0.2, 0.25) is 0 Å². The minimum atomic E-state index is -1.12. The van der Waals surface area contributed by atoms with Crippen molar-refractivity contribution in [3.05, 3.63) is 107 Å². The predicted octanol–water partition coefficient (Wildman–Crippen LogP) is 7.46. The van der Waals surface area contributed by atoms with Crippen LogP contribution in [0.1, 0.15) is 90.8 Å². The van der Waals surface area contributed by atoms with Crippen molar-refractivity contribution >= 4 is 17.7 Å². The van der Waals surface area contributed by atoms with Crippen LogP contribution in [0.4, 0.5) is 0 Å². The van der Waals surface area contributed by atoms with Gasteiger partial charge in [-0.3, -0.25) is 4.79 Å². The average Bonchev–Trinajstić information content (AvgIpc) is 2.89. The molecule has 5 heteroatoms. The largest absolute Gasteiger partial charge is 0.478 e. The first-order chi connectivity index (χ1) is 17.5. The molecule has 0 bridgehead atoms. The van der Waals surface area contributed by atoms with Gasteiger partial charge in [-0.05, 0) is 68.5 Å². The molecule has 5 nitrogen and oxygen atoms in total. The summed E-state index contributed by atoms with van der Waals surface area (Å²) in [7, 11) is 0. The third-order valence-corrected chi connectivity index (χ3v) is 6.90. The molecule has 0 aromatic heterocycles. The van der Waals surface area contributed by atoms with Crippen LogP contribution in [-0.2, 0) is 15.6 Å². The summed E-state index contributed by atoms with van der Waals surface area (Å²) in [5.74, 6) is -1.89. The lowest BCUT2D eigenvalue weighted by Gasteiger charge is -2.39. The molecule has 0 amide bonds. The summed E-state index contributed by atoms with van der Waals surface area (Å²) in [6.45, 7) is 10.2. The van der Waals surface area contributed by atoms with E-state index in [2.05, 4.69) is 52.0 Å². The molecule has 0 spiro atoms. The van der Waals surface area contributed by atoms with Crippen molar-refractivity contribution in [3.63, 3.8) is 0 Å². The Labute approximate surface area is 220 Å². The molecule has 0 heterocycles. The smallest absolute Gasteiger partial charge is 0.335 e. The molecule has 3 rings (SSSR count). The first kappa shape index (κ1) is 29.5. The lowest BCUT2D eigenvalue weighted by atomic mass is 9.62.